The standard InChI is InChI=1S/C21H20N4O4/c26-20(25-6-4-21(5-7-25)12-27-13-21)29-18-3-1-2-15(9-18)16-8-17(11-22-10-16)19-24-23-14-28-19/h1-3,8-11,14H,4-7,12-13H2. The van der Waals surface area contributed by atoms with Crippen molar-refractivity contribution in [3.63, 3.8) is 0 Å². The monoisotopic (exact) mass is 392 g/mol. The van der Waals surface area contributed by atoms with Crippen LogP contribution in [-0.2, 0) is 4.74 Å². The summed E-state index contributed by atoms with van der Waals surface area (Å²) >= 11 is 0. The van der Waals surface area contributed by atoms with Crippen LogP contribution in [0.3, 0.4) is 0 Å². The third-order valence-electron chi connectivity index (χ3n) is 5.62. The van der Waals surface area contributed by atoms with Gasteiger partial charge in [0.2, 0.25) is 12.3 Å². The number of piperidine rings is 1. The molecular weight excluding hydrogens is 372 g/mol. The van der Waals surface area contributed by atoms with Crippen molar-refractivity contribution in [3.8, 4) is 28.3 Å². The Bertz CT molecular complexity index is 1010. The lowest BCUT2D eigenvalue weighted by Crippen LogP contribution is -2.52. The van der Waals surface area contributed by atoms with Gasteiger partial charge in [-0.05, 0) is 36.6 Å². The van der Waals surface area contributed by atoms with Crippen LogP contribution in [0.15, 0.2) is 53.5 Å². The summed E-state index contributed by atoms with van der Waals surface area (Å²) in [4.78, 5) is 18.6. The number of carbonyl (C=O) groups is 1. The van der Waals surface area contributed by atoms with E-state index in [0.29, 0.717) is 24.7 Å². The minimum Gasteiger partial charge on any atom is -0.423 e. The number of ether oxygens (including phenoxy) is 2. The van der Waals surface area contributed by atoms with E-state index < -0.39 is 0 Å². The molecule has 0 radical (unpaired) electrons. The summed E-state index contributed by atoms with van der Waals surface area (Å²) in [5, 5.41) is 7.61. The largest absolute Gasteiger partial charge is 0.423 e. The molecule has 8 nitrogen and oxygen atoms in total. The van der Waals surface area contributed by atoms with Crippen LogP contribution in [-0.4, -0.2) is 52.5 Å². The Labute approximate surface area is 167 Å². The summed E-state index contributed by atoms with van der Waals surface area (Å²) < 4.78 is 16.2. The number of aromatic nitrogens is 3. The van der Waals surface area contributed by atoms with Crippen molar-refractivity contribution < 1.29 is 18.7 Å². The first-order chi connectivity index (χ1) is 14.2. The molecule has 1 amide bonds. The van der Waals surface area contributed by atoms with Crippen LogP contribution in [0, 0.1) is 5.41 Å². The van der Waals surface area contributed by atoms with Crippen molar-refractivity contribution in [2.45, 2.75) is 12.8 Å². The number of benzene rings is 1. The minimum atomic E-state index is -0.310. The van der Waals surface area contributed by atoms with Gasteiger partial charge < -0.3 is 18.8 Å². The van der Waals surface area contributed by atoms with Crippen molar-refractivity contribution in [2.75, 3.05) is 26.3 Å². The molecule has 0 atom stereocenters. The number of amides is 1. The van der Waals surface area contributed by atoms with Crippen molar-refractivity contribution in [1.82, 2.24) is 20.1 Å². The van der Waals surface area contributed by atoms with Crippen molar-refractivity contribution in [1.29, 1.82) is 0 Å². The van der Waals surface area contributed by atoms with E-state index in [-0.39, 0.29) is 11.5 Å². The van der Waals surface area contributed by atoms with Gasteiger partial charge in [-0.3, -0.25) is 4.98 Å². The summed E-state index contributed by atoms with van der Waals surface area (Å²) in [6.07, 6.45) is 6.31. The van der Waals surface area contributed by atoms with Gasteiger partial charge in [-0.25, -0.2) is 4.79 Å². The zero-order valence-corrected chi connectivity index (χ0v) is 15.8. The lowest BCUT2D eigenvalue weighted by atomic mass is 9.77. The molecular formula is C21H20N4O4. The van der Waals surface area contributed by atoms with Crippen LogP contribution in [0.4, 0.5) is 4.79 Å². The Morgan fingerprint density at radius 3 is 2.62 bits per heavy atom. The van der Waals surface area contributed by atoms with E-state index in [4.69, 9.17) is 13.9 Å². The molecule has 8 heteroatoms. The molecule has 2 aliphatic rings. The van der Waals surface area contributed by atoms with Crippen molar-refractivity contribution in [3.05, 3.63) is 49.1 Å². The summed E-state index contributed by atoms with van der Waals surface area (Å²) in [6, 6.07) is 9.31. The zero-order valence-electron chi connectivity index (χ0n) is 15.8. The van der Waals surface area contributed by atoms with Gasteiger partial charge in [0, 0.05) is 36.5 Å². The maximum Gasteiger partial charge on any atom is 0.415 e. The van der Waals surface area contributed by atoms with Crippen LogP contribution in [0.2, 0.25) is 0 Å². The molecule has 2 fully saturated rings. The van der Waals surface area contributed by atoms with E-state index in [2.05, 4.69) is 15.2 Å². The molecule has 0 unspecified atom stereocenters. The van der Waals surface area contributed by atoms with Crippen LogP contribution < -0.4 is 4.74 Å². The molecule has 4 heterocycles. The molecule has 29 heavy (non-hydrogen) atoms. The molecule has 0 saturated carbocycles. The summed E-state index contributed by atoms with van der Waals surface area (Å²) in [5.74, 6) is 0.907. The zero-order chi connectivity index (χ0) is 19.7. The van der Waals surface area contributed by atoms with E-state index >= 15 is 0 Å². The summed E-state index contributed by atoms with van der Waals surface area (Å²) in [5.41, 5.74) is 2.76. The Hall–Kier alpha value is -3.26. The Balaban J connectivity index is 1.29. The smallest absolute Gasteiger partial charge is 0.415 e. The summed E-state index contributed by atoms with van der Waals surface area (Å²) in [7, 11) is 0. The SMILES string of the molecule is O=C(Oc1cccc(-c2cncc(-c3nnco3)c2)c1)N1CCC2(CC1)COC2. The van der Waals surface area contributed by atoms with Gasteiger partial charge in [0.25, 0.3) is 0 Å². The predicted molar refractivity (Wildman–Crippen MR) is 103 cm³/mol. The predicted octanol–water partition coefficient (Wildman–Crippen LogP) is 3.41. The highest BCUT2D eigenvalue weighted by molar-refractivity contribution is 5.73. The van der Waals surface area contributed by atoms with Gasteiger partial charge in [0.15, 0.2) is 0 Å². The van der Waals surface area contributed by atoms with Crippen molar-refractivity contribution >= 4 is 6.09 Å². The Morgan fingerprint density at radius 2 is 1.90 bits per heavy atom. The third kappa shape index (κ3) is 3.58. The lowest BCUT2D eigenvalue weighted by molar-refractivity contribution is -0.136. The van der Waals surface area contributed by atoms with E-state index in [1.807, 2.05) is 24.3 Å². The lowest BCUT2D eigenvalue weighted by Gasteiger charge is -2.46. The van der Waals surface area contributed by atoms with E-state index in [1.165, 1.54) is 6.39 Å². The second-order valence-corrected chi connectivity index (χ2v) is 7.58. The van der Waals surface area contributed by atoms with Crippen molar-refractivity contribution in [2.24, 2.45) is 5.41 Å². The maximum absolute atomic E-state index is 12.6. The fourth-order valence-electron chi connectivity index (χ4n) is 3.76. The normalized spacial score (nSPS) is 17.7. The third-order valence-corrected chi connectivity index (χ3v) is 5.62. The number of carbonyl (C=O) groups excluding carboxylic acids is 1. The molecule has 0 N–H and O–H groups in total. The second-order valence-electron chi connectivity index (χ2n) is 7.58. The van der Waals surface area contributed by atoms with E-state index in [9.17, 15) is 4.79 Å². The molecule has 5 rings (SSSR count). The number of rotatable bonds is 3. The van der Waals surface area contributed by atoms with Gasteiger partial charge in [-0.2, -0.15) is 0 Å². The molecule has 3 aromatic rings. The Kier molecular flexibility index (Phi) is 4.48. The van der Waals surface area contributed by atoms with Crippen LogP contribution >= 0.6 is 0 Å². The number of likely N-dealkylation sites (tertiary alicyclic amines) is 1. The van der Waals surface area contributed by atoms with Gasteiger partial charge in [-0.1, -0.05) is 12.1 Å². The maximum atomic E-state index is 12.6. The van der Waals surface area contributed by atoms with Gasteiger partial charge in [0.1, 0.15) is 5.75 Å². The van der Waals surface area contributed by atoms with Crippen LogP contribution in [0.5, 0.6) is 5.75 Å². The Morgan fingerprint density at radius 1 is 1.07 bits per heavy atom. The molecule has 1 aromatic carbocycles. The number of hydrogen-bond acceptors (Lipinski definition) is 7. The second kappa shape index (κ2) is 7.29. The average molecular weight is 392 g/mol. The highest BCUT2D eigenvalue weighted by atomic mass is 16.6. The molecule has 2 aromatic heterocycles. The molecule has 1 spiro atoms. The highest BCUT2D eigenvalue weighted by Crippen LogP contribution is 2.38. The summed E-state index contributed by atoms with van der Waals surface area (Å²) in [6.45, 7) is 3.04. The van der Waals surface area contributed by atoms with Crippen LogP contribution in [0.1, 0.15) is 12.8 Å². The van der Waals surface area contributed by atoms with Gasteiger partial charge in [0.05, 0.1) is 18.8 Å². The molecule has 2 saturated heterocycles. The molecule has 0 bridgehead atoms. The number of hydrogen-bond donors (Lipinski definition) is 0. The first kappa shape index (κ1) is 17.8. The fraction of sp³-hybridized carbons (Fsp3) is 0.333. The van der Waals surface area contributed by atoms with Gasteiger partial charge in [-0.15, -0.1) is 10.2 Å². The first-order valence-corrected chi connectivity index (χ1v) is 9.57. The highest BCUT2D eigenvalue weighted by Gasteiger charge is 2.42. The number of pyridine rings is 1. The van der Waals surface area contributed by atoms with E-state index in [0.717, 1.165) is 42.7 Å². The molecule has 0 aliphatic carbocycles. The fourth-order valence-corrected chi connectivity index (χ4v) is 3.76. The number of nitrogens with zero attached hydrogens (tertiary/aromatic N) is 4. The first-order valence-electron chi connectivity index (χ1n) is 9.57. The average Bonchev–Trinajstić information content (AvgIpc) is 3.28. The van der Waals surface area contributed by atoms with Crippen LogP contribution in [0.25, 0.3) is 22.6 Å². The molecule has 148 valence electrons. The topological polar surface area (TPSA) is 90.6 Å². The van der Waals surface area contributed by atoms with E-state index in [1.54, 1.807) is 23.4 Å². The van der Waals surface area contributed by atoms with Gasteiger partial charge >= 0.3 is 6.09 Å². The minimum absolute atomic E-state index is 0.285. The molecule has 2 aliphatic heterocycles. The quantitative estimate of drug-likeness (QED) is 0.674.